The molecule has 8 heteroatoms. The van der Waals surface area contributed by atoms with E-state index in [1.165, 1.54) is 51.6 Å². The number of furan rings is 1. The fourth-order valence-electron chi connectivity index (χ4n) is 3.61. The Balaban J connectivity index is 1.99. The molecular weight excluding hydrogens is 390 g/mol. The molecule has 1 aromatic carbocycles. The van der Waals surface area contributed by atoms with E-state index in [-0.39, 0.29) is 17.1 Å². The first-order valence-corrected chi connectivity index (χ1v) is 8.91. The molecule has 0 radical (unpaired) electrons. The largest absolute Gasteiger partial charge is 0.496 e. The maximum atomic E-state index is 13.9. The van der Waals surface area contributed by atoms with Crippen molar-refractivity contribution in [2.45, 2.75) is 43.9 Å². The summed E-state index contributed by atoms with van der Waals surface area (Å²) >= 11 is 0. The number of hydrogen-bond donors (Lipinski definition) is 1. The Morgan fingerprint density at radius 2 is 1.86 bits per heavy atom. The van der Waals surface area contributed by atoms with Crippen molar-refractivity contribution >= 4 is 11.0 Å². The summed E-state index contributed by atoms with van der Waals surface area (Å²) in [5.74, 6) is -0.375. The van der Waals surface area contributed by atoms with Crippen LogP contribution >= 0.6 is 0 Å². The number of aliphatic hydroxyl groups is 1. The zero-order valence-corrected chi connectivity index (χ0v) is 16.2. The summed E-state index contributed by atoms with van der Waals surface area (Å²) in [6.07, 6.45) is -3.52. The van der Waals surface area contributed by atoms with E-state index < -0.39 is 35.9 Å². The number of rotatable bonds is 6. The van der Waals surface area contributed by atoms with Gasteiger partial charge in [0.25, 0.3) is 0 Å². The number of hydrogen-bond acceptors (Lipinski definition) is 4. The molecule has 0 bridgehead atoms. The van der Waals surface area contributed by atoms with Crippen molar-refractivity contribution in [3.05, 3.63) is 59.9 Å². The summed E-state index contributed by atoms with van der Waals surface area (Å²) in [6, 6.07) is 6.60. The molecule has 0 aliphatic heterocycles. The number of aromatic nitrogens is 1. The molecule has 0 aliphatic rings. The normalized spacial score (nSPS) is 14.8. The van der Waals surface area contributed by atoms with Gasteiger partial charge in [0, 0.05) is 29.8 Å². The van der Waals surface area contributed by atoms with E-state index in [1.807, 2.05) is 0 Å². The molecule has 0 saturated heterocycles. The molecule has 0 spiro atoms. The number of fused-ring (bicyclic) bond motifs is 1. The highest BCUT2D eigenvalue weighted by atomic mass is 19.4. The van der Waals surface area contributed by atoms with Crippen LogP contribution in [-0.4, -0.2) is 29.0 Å². The van der Waals surface area contributed by atoms with Gasteiger partial charge in [-0.1, -0.05) is 13.8 Å². The monoisotopic (exact) mass is 411 g/mol. The second-order valence-corrected chi connectivity index (χ2v) is 7.74. The van der Waals surface area contributed by atoms with Crippen molar-refractivity contribution in [3.8, 4) is 5.75 Å². The molecule has 156 valence electrons. The molecule has 3 rings (SSSR count). The molecule has 0 saturated carbocycles. The lowest BCUT2D eigenvalue weighted by Gasteiger charge is -2.38. The van der Waals surface area contributed by atoms with Gasteiger partial charge in [-0.15, -0.1) is 0 Å². The Morgan fingerprint density at radius 3 is 2.48 bits per heavy atom. The smallest absolute Gasteiger partial charge is 0.417 e. The maximum absolute atomic E-state index is 13.9. The number of benzene rings is 1. The average molecular weight is 411 g/mol. The quantitative estimate of drug-likeness (QED) is 0.568. The second kappa shape index (κ2) is 7.33. The molecule has 0 aliphatic carbocycles. The highest BCUT2D eigenvalue weighted by Crippen LogP contribution is 2.45. The Bertz CT molecular complexity index is 980. The second-order valence-electron chi connectivity index (χ2n) is 7.74. The third-order valence-electron chi connectivity index (χ3n) is 4.99. The van der Waals surface area contributed by atoms with Crippen molar-refractivity contribution in [2.75, 3.05) is 7.11 Å². The summed E-state index contributed by atoms with van der Waals surface area (Å²) in [4.78, 5) is 3.90. The molecule has 1 N–H and O–H groups in total. The summed E-state index contributed by atoms with van der Waals surface area (Å²) < 4.78 is 66.3. The summed E-state index contributed by atoms with van der Waals surface area (Å²) in [7, 11) is 1.35. The van der Waals surface area contributed by atoms with Gasteiger partial charge in [-0.05, 0) is 42.2 Å². The molecule has 3 aromatic rings. The predicted molar refractivity (Wildman–Crippen MR) is 99.3 cm³/mol. The minimum absolute atomic E-state index is 0.0187. The zero-order chi connectivity index (χ0) is 21.4. The number of ether oxygens (including phenoxy) is 1. The van der Waals surface area contributed by atoms with Gasteiger partial charge in [0.05, 0.1) is 7.11 Å². The first-order valence-electron chi connectivity index (χ1n) is 8.91. The number of nitrogens with zero attached hydrogens (tertiary/aromatic N) is 1. The van der Waals surface area contributed by atoms with Crippen LogP contribution in [0.25, 0.3) is 11.0 Å². The fourth-order valence-corrected chi connectivity index (χ4v) is 3.61. The zero-order valence-electron chi connectivity index (χ0n) is 16.2. The number of pyridine rings is 1. The third kappa shape index (κ3) is 4.22. The van der Waals surface area contributed by atoms with Crippen LogP contribution in [0.3, 0.4) is 0 Å². The Kier molecular flexibility index (Phi) is 5.34. The SMILES string of the molecule is COc1ccc(F)cc1C(C)(C)CC(O)(Cc1cc2cnccc2o1)C(F)(F)F. The van der Waals surface area contributed by atoms with Crippen molar-refractivity contribution in [1.82, 2.24) is 4.98 Å². The molecule has 1 unspecified atom stereocenters. The lowest BCUT2D eigenvalue weighted by molar-refractivity contribution is -0.267. The fraction of sp³-hybridized carbons (Fsp3) is 0.381. The highest BCUT2D eigenvalue weighted by molar-refractivity contribution is 5.76. The summed E-state index contributed by atoms with van der Waals surface area (Å²) in [5.41, 5.74) is -3.75. The van der Waals surface area contributed by atoms with Crippen LogP contribution in [0, 0.1) is 5.82 Å². The maximum Gasteiger partial charge on any atom is 0.417 e. The standard InChI is InChI=1S/C21H21F4NO3/c1-19(2,16-9-14(22)4-5-18(16)28-3)12-20(27,21(23,24)25)10-15-8-13-11-26-7-6-17(13)29-15/h4-9,11,27H,10,12H2,1-3H3. The van der Waals surface area contributed by atoms with Gasteiger partial charge in [-0.3, -0.25) is 4.98 Å². The number of halogens is 4. The number of methoxy groups -OCH3 is 1. The van der Waals surface area contributed by atoms with E-state index in [4.69, 9.17) is 9.15 Å². The molecule has 4 nitrogen and oxygen atoms in total. The van der Waals surface area contributed by atoms with Crippen LogP contribution in [0.2, 0.25) is 0 Å². The lowest BCUT2D eigenvalue weighted by Crippen LogP contribution is -2.50. The van der Waals surface area contributed by atoms with Crippen LogP contribution in [0.15, 0.2) is 47.1 Å². The molecule has 29 heavy (non-hydrogen) atoms. The topological polar surface area (TPSA) is 55.5 Å². The van der Waals surface area contributed by atoms with Crippen LogP contribution in [0.5, 0.6) is 5.75 Å². The first-order chi connectivity index (χ1) is 13.4. The van der Waals surface area contributed by atoms with Crippen molar-refractivity contribution in [2.24, 2.45) is 0 Å². The van der Waals surface area contributed by atoms with Gasteiger partial charge in [0.2, 0.25) is 0 Å². The van der Waals surface area contributed by atoms with E-state index in [9.17, 15) is 22.7 Å². The molecule has 1 atom stereocenters. The van der Waals surface area contributed by atoms with Gasteiger partial charge >= 0.3 is 6.18 Å². The third-order valence-corrected chi connectivity index (χ3v) is 4.99. The summed E-state index contributed by atoms with van der Waals surface area (Å²) in [5, 5.41) is 11.3. The molecule has 0 fully saturated rings. The minimum Gasteiger partial charge on any atom is -0.496 e. The number of alkyl halides is 3. The van der Waals surface area contributed by atoms with Gasteiger partial charge in [0.15, 0.2) is 5.60 Å². The molecule has 2 heterocycles. The first kappa shape index (κ1) is 21.1. The van der Waals surface area contributed by atoms with Gasteiger partial charge < -0.3 is 14.3 Å². The predicted octanol–water partition coefficient (Wildman–Crippen LogP) is 5.18. The van der Waals surface area contributed by atoms with Crippen molar-refractivity contribution in [1.29, 1.82) is 0 Å². The molecule has 0 amide bonds. The average Bonchev–Trinajstić information content (AvgIpc) is 3.02. The van der Waals surface area contributed by atoms with E-state index >= 15 is 0 Å². The van der Waals surface area contributed by atoms with Crippen LogP contribution < -0.4 is 4.74 Å². The van der Waals surface area contributed by atoms with Gasteiger partial charge in [-0.25, -0.2) is 4.39 Å². The summed E-state index contributed by atoms with van der Waals surface area (Å²) in [6.45, 7) is 3.01. The van der Waals surface area contributed by atoms with E-state index in [1.54, 1.807) is 0 Å². The highest BCUT2D eigenvalue weighted by Gasteiger charge is 2.56. The molecule has 2 aromatic heterocycles. The van der Waals surface area contributed by atoms with Gasteiger partial charge in [0.1, 0.15) is 22.9 Å². The van der Waals surface area contributed by atoms with Crippen molar-refractivity contribution < 1.29 is 31.8 Å². The van der Waals surface area contributed by atoms with Crippen LogP contribution in [-0.2, 0) is 11.8 Å². The minimum atomic E-state index is -4.94. The van der Waals surface area contributed by atoms with E-state index in [0.717, 1.165) is 12.1 Å². The Hall–Kier alpha value is -2.61. The van der Waals surface area contributed by atoms with Gasteiger partial charge in [-0.2, -0.15) is 13.2 Å². The Morgan fingerprint density at radius 1 is 1.14 bits per heavy atom. The van der Waals surface area contributed by atoms with Crippen LogP contribution in [0.1, 0.15) is 31.6 Å². The Labute approximate surface area is 165 Å². The van der Waals surface area contributed by atoms with E-state index in [0.29, 0.717) is 11.0 Å². The van der Waals surface area contributed by atoms with Crippen molar-refractivity contribution in [3.63, 3.8) is 0 Å². The lowest BCUT2D eigenvalue weighted by atomic mass is 9.73. The van der Waals surface area contributed by atoms with E-state index in [2.05, 4.69) is 4.98 Å². The van der Waals surface area contributed by atoms with Crippen LogP contribution in [0.4, 0.5) is 17.6 Å². The molecular formula is C21H21F4NO3.